The number of methoxy groups -OCH3 is 1. The molecule has 2 aromatic heterocycles. The van der Waals surface area contributed by atoms with Gasteiger partial charge in [0.05, 0.1) is 28.6 Å². The fourth-order valence-electron chi connectivity index (χ4n) is 12.7. The summed E-state index contributed by atoms with van der Waals surface area (Å²) in [6.07, 6.45) is 9.79. The lowest BCUT2D eigenvalue weighted by Crippen LogP contribution is -2.57. The number of pyridine rings is 1. The average Bonchev–Trinajstić information content (AvgIpc) is 4.01. The Morgan fingerprint density at radius 2 is 1.54 bits per heavy atom. The predicted octanol–water partition coefficient (Wildman–Crippen LogP) is 10.8. The molecule has 5 aliphatic rings. The Kier molecular flexibility index (Phi) is 12.1. The Morgan fingerprint density at radius 3 is 2.15 bits per heavy atom. The zero-order valence-electron chi connectivity index (χ0n) is 39.9. The Morgan fingerprint density at radius 1 is 0.892 bits per heavy atom. The molecule has 11 nitrogen and oxygen atoms in total. The van der Waals surface area contributed by atoms with Gasteiger partial charge in [0.15, 0.2) is 12.6 Å². The van der Waals surface area contributed by atoms with Gasteiger partial charge in [-0.3, -0.25) is 14.8 Å². The lowest BCUT2D eigenvalue weighted by molar-refractivity contribution is 0.0122. The maximum Gasteiger partial charge on any atom is 0.410 e. The highest BCUT2D eigenvalue weighted by molar-refractivity contribution is 6.90. The normalized spacial score (nSPS) is 24.2. The SMILES string of the molecule is COCOc1cc(-c2ncc3c(N4CC5CCC(C4)N5C(=O)OC(C)(C)C)nc(OCC45CCC6CCC(CC4)N65)nc3c2F)c2c(C#C[Si](C(C)C)(C(C)C)C(C)C)c(F)ccc2c1. The van der Waals surface area contributed by atoms with Crippen LogP contribution in [0.3, 0.4) is 0 Å². The molecule has 5 fully saturated rings. The largest absolute Gasteiger partial charge is 0.468 e. The second-order valence-corrected chi connectivity index (χ2v) is 26.8. The Balaban J connectivity index is 1.19. The third-order valence-electron chi connectivity index (χ3n) is 15.5. The van der Waals surface area contributed by atoms with E-state index in [2.05, 4.69) is 62.8 Å². The van der Waals surface area contributed by atoms with E-state index in [1.807, 2.05) is 25.7 Å². The second kappa shape index (κ2) is 17.3. The lowest BCUT2D eigenvalue weighted by atomic mass is 9.95. The van der Waals surface area contributed by atoms with E-state index in [1.54, 1.807) is 24.4 Å². The van der Waals surface area contributed by atoms with Crippen molar-refractivity contribution in [3.05, 3.63) is 47.7 Å². The number of piperazine rings is 1. The fourth-order valence-corrected chi connectivity index (χ4v) is 17.9. The molecule has 1 amide bonds. The molecule has 348 valence electrons. The summed E-state index contributed by atoms with van der Waals surface area (Å²) in [4.78, 5) is 35.0. The van der Waals surface area contributed by atoms with E-state index in [0.717, 1.165) is 38.5 Å². The molecule has 9 rings (SSSR count). The number of nitrogens with zero attached hydrogens (tertiary/aromatic N) is 6. The first-order valence-electron chi connectivity index (χ1n) is 23.9. The molecule has 65 heavy (non-hydrogen) atoms. The molecule has 0 saturated carbocycles. The molecule has 5 saturated heterocycles. The van der Waals surface area contributed by atoms with Crippen LogP contribution in [0.1, 0.15) is 119 Å². The molecule has 4 atom stereocenters. The van der Waals surface area contributed by atoms with E-state index in [-0.39, 0.29) is 53.3 Å². The molecule has 4 unspecified atom stereocenters. The van der Waals surface area contributed by atoms with E-state index in [4.69, 9.17) is 33.9 Å². The molecule has 0 aliphatic carbocycles. The molecule has 4 aromatic rings. The van der Waals surface area contributed by atoms with Gasteiger partial charge in [0.2, 0.25) is 0 Å². The molecule has 0 radical (unpaired) electrons. The van der Waals surface area contributed by atoms with Gasteiger partial charge in [-0.2, -0.15) is 9.97 Å². The van der Waals surface area contributed by atoms with E-state index >= 15 is 8.78 Å². The first-order valence-corrected chi connectivity index (χ1v) is 26.1. The zero-order valence-corrected chi connectivity index (χ0v) is 40.9. The van der Waals surface area contributed by atoms with Crippen LogP contribution in [0.2, 0.25) is 16.6 Å². The summed E-state index contributed by atoms with van der Waals surface area (Å²) < 4.78 is 58.1. The summed E-state index contributed by atoms with van der Waals surface area (Å²) in [5, 5.41) is 1.50. The minimum Gasteiger partial charge on any atom is -0.468 e. The van der Waals surface area contributed by atoms with Crippen LogP contribution in [-0.4, -0.2) is 108 Å². The van der Waals surface area contributed by atoms with Crippen LogP contribution in [0.25, 0.3) is 32.9 Å². The third kappa shape index (κ3) is 8.01. The summed E-state index contributed by atoms with van der Waals surface area (Å²) >= 11 is 0. The van der Waals surface area contributed by atoms with Gasteiger partial charge in [-0.15, -0.1) is 5.54 Å². The highest BCUT2D eigenvalue weighted by atomic mass is 28.3. The van der Waals surface area contributed by atoms with Gasteiger partial charge in [0, 0.05) is 49.4 Å². The van der Waals surface area contributed by atoms with Crippen molar-refractivity contribution in [1.82, 2.24) is 24.8 Å². The quantitative estimate of drug-likeness (QED) is 0.0821. The fraction of sp³-hybridized carbons (Fsp3) is 0.608. The van der Waals surface area contributed by atoms with Crippen LogP contribution in [-0.2, 0) is 9.47 Å². The number of anilines is 1. The highest BCUT2D eigenvalue weighted by Crippen LogP contribution is 2.52. The standard InChI is InChI=1S/C51H66F2N6O5Si/c1-30(2)65(31(3)4,32(5)6)22-19-39-42(52)16-11-33-23-38(63-29-61-10)24-40(43(33)39)45-44(53)46-41(25-54-45)47(57-26-36-14-15-37(27-57)58(36)49(60)64-50(7,8)9)56-48(55-46)62-28-51-20-17-34-12-13-35(18-21-51)59(34)51/h11,16,23-25,30-32,34-37H,12-15,17-18,20-21,26-29H2,1-10H3. The van der Waals surface area contributed by atoms with Crippen LogP contribution < -0.4 is 14.4 Å². The lowest BCUT2D eigenvalue weighted by Gasteiger charge is -2.42. The number of ether oxygens (including phenoxy) is 4. The van der Waals surface area contributed by atoms with Crippen molar-refractivity contribution in [2.45, 2.75) is 166 Å². The Labute approximate surface area is 383 Å². The van der Waals surface area contributed by atoms with Crippen LogP contribution in [0, 0.1) is 23.1 Å². The molecule has 5 aliphatic heterocycles. The summed E-state index contributed by atoms with van der Waals surface area (Å²) in [6.45, 7) is 20.3. The van der Waals surface area contributed by atoms with Gasteiger partial charge in [0.1, 0.15) is 48.9 Å². The highest BCUT2D eigenvalue weighted by Gasteiger charge is 2.56. The van der Waals surface area contributed by atoms with Gasteiger partial charge in [-0.1, -0.05) is 53.5 Å². The minimum absolute atomic E-state index is 0.0163. The summed E-state index contributed by atoms with van der Waals surface area (Å²) in [6, 6.07) is 7.62. The number of rotatable bonds is 11. The summed E-state index contributed by atoms with van der Waals surface area (Å²) in [7, 11) is -0.774. The number of halogens is 2. The number of hydrogen-bond donors (Lipinski definition) is 0. The molecular formula is C51H66F2N6O5Si. The summed E-state index contributed by atoms with van der Waals surface area (Å²) in [5.41, 5.74) is 4.52. The van der Waals surface area contributed by atoms with Crippen LogP contribution in [0.4, 0.5) is 19.4 Å². The van der Waals surface area contributed by atoms with Crippen molar-refractivity contribution in [1.29, 1.82) is 0 Å². The van der Waals surface area contributed by atoms with Crippen LogP contribution >= 0.6 is 0 Å². The molecule has 7 heterocycles. The number of fused-ring (bicyclic) bond motifs is 4. The number of aromatic nitrogens is 3. The number of benzene rings is 2. The van der Waals surface area contributed by atoms with Crippen LogP contribution in [0.5, 0.6) is 11.8 Å². The van der Waals surface area contributed by atoms with E-state index in [0.29, 0.717) is 81.7 Å². The van der Waals surface area contributed by atoms with Crippen molar-refractivity contribution in [3.63, 3.8) is 0 Å². The monoisotopic (exact) mass is 908 g/mol. The van der Waals surface area contributed by atoms with E-state index in [1.165, 1.54) is 26.0 Å². The van der Waals surface area contributed by atoms with Crippen molar-refractivity contribution in [3.8, 4) is 34.5 Å². The maximum absolute atomic E-state index is 18.0. The first kappa shape index (κ1) is 45.6. The van der Waals surface area contributed by atoms with E-state index in [9.17, 15) is 4.79 Å². The Hall–Kier alpha value is -4.58. The van der Waals surface area contributed by atoms with Gasteiger partial charge in [-0.05, 0) is 112 Å². The van der Waals surface area contributed by atoms with Crippen LogP contribution in [0.15, 0.2) is 30.5 Å². The first-order chi connectivity index (χ1) is 30.9. The van der Waals surface area contributed by atoms with E-state index < -0.39 is 25.3 Å². The number of amides is 1. The number of carbonyl (C=O) groups excluding carboxylic acids is 1. The second-order valence-electron chi connectivity index (χ2n) is 21.3. The smallest absolute Gasteiger partial charge is 0.410 e. The molecular weight excluding hydrogens is 843 g/mol. The third-order valence-corrected chi connectivity index (χ3v) is 21.8. The van der Waals surface area contributed by atoms with Crippen molar-refractivity contribution < 1.29 is 32.5 Å². The molecule has 14 heteroatoms. The van der Waals surface area contributed by atoms with Gasteiger partial charge in [0.25, 0.3) is 0 Å². The molecule has 2 bridgehead atoms. The Bertz CT molecular complexity index is 2500. The minimum atomic E-state index is -2.31. The topological polar surface area (TPSA) is 102 Å². The zero-order chi connectivity index (χ0) is 46.2. The van der Waals surface area contributed by atoms with Gasteiger partial charge in [-0.25, -0.2) is 13.6 Å². The van der Waals surface area contributed by atoms with Crippen molar-refractivity contribution in [2.75, 3.05) is 38.5 Å². The summed E-state index contributed by atoms with van der Waals surface area (Å²) in [5.74, 6) is 3.11. The predicted molar refractivity (Wildman–Crippen MR) is 253 cm³/mol. The number of carbonyl (C=O) groups is 1. The maximum atomic E-state index is 18.0. The van der Waals surface area contributed by atoms with Gasteiger partial charge < -0.3 is 23.8 Å². The average molecular weight is 909 g/mol. The molecule has 0 N–H and O–H groups in total. The molecule has 2 aromatic carbocycles. The van der Waals surface area contributed by atoms with Crippen molar-refractivity contribution >= 4 is 41.7 Å². The van der Waals surface area contributed by atoms with Gasteiger partial charge >= 0.3 is 12.1 Å². The number of hydrogen-bond acceptors (Lipinski definition) is 10. The molecule has 0 spiro atoms. The van der Waals surface area contributed by atoms with Crippen molar-refractivity contribution in [2.24, 2.45) is 0 Å².